The predicted molar refractivity (Wildman–Crippen MR) is 189 cm³/mol. The number of phosphoric ester groups is 1. The van der Waals surface area contributed by atoms with E-state index < -0.39 is 19.9 Å². The second-order valence-electron chi connectivity index (χ2n) is 13.0. The Morgan fingerprint density at radius 2 is 0.848 bits per heavy atom. The van der Waals surface area contributed by atoms with E-state index >= 15 is 0 Å². The average Bonchev–Trinajstić information content (AvgIpc) is 3.03. The van der Waals surface area contributed by atoms with Crippen molar-refractivity contribution in [3.05, 3.63) is 0 Å². The molecule has 0 fully saturated rings. The van der Waals surface area contributed by atoms with Crippen molar-refractivity contribution in [3.8, 4) is 0 Å². The molecule has 0 saturated carbocycles. The second kappa shape index (κ2) is 33.9. The number of rotatable bonds is 36. The first-order valence-corrected chi connectivity index (χ1v) is 20.8. The summed E-state index contributed by atoms with van der Waals surface area (Å²) in [5, 5.41) is 0. The Morgan fingerprint density at radius 1 is 0.500 bits per heavy atom. The van der Waals surface area contributed by atoms with Gasteiger partial charge in [-0.1, -0.05) is 168 Å². The highest BCUT2D eigenvalue weighted by Crippen LogP contribution is 2.43. The number of hydrogen-bond acceptors (Lipinski definition) is 7. The summed E-state index contributed by atoms with van der Waals surface area (Å²) in [6.45, 7) is 5.48. The average molecular weight is 677 g/mol. The fourth-order valence-corrected chi connectivity index (χ4v) is 6.33. The lowest BCUT2D eigenvalue weighted by atomic mass is 10.0. The van der Waals surface area contributed by atoms with E-state index in [0.29, 0.717) is 6.42 Å². The van der Waals surface area contributed by atoms with Gasteiger partial charge in [-0.15, -0.1) is 0 Å². The molecule has 9 heteroatoms. The number of carbonyl (C=O) groups is 2. The first kappa shape index (κ1) is 45.0. The topological polar surface area (TPSA) is 108 Å². The van der Waals surface area contributed by atoms with Gasteiger partial charge in [0.25, 0.3) is 0 Å². The Labute approximate surface area is 283 Å². The van der Waals surface area contributed by atoms with E-state index in [-0.39, 0.29) is 32.2 Å². The van der Waals surface area contributed by atoms with Crippen molar-refractivity contribution in [2.45, 2.75) is 207 Å². The maximum Gasteiger partial charge on any atom is 0.472 e. The van der Waals surface area contributed by atoms with Gasteiger partial charge in [0, 0.05) is 12.8 Å². The van der Waals surface area contributed by atoms with Crippen LogP contribution in [0.4, 0.5) is 0 Å². The molecule has 0 rings (SSSR count). The molecule has 0 saturated heterocycles. The molecule has 2 atom stereocenters. The van der Waals surface area contributed by atoms with E-state index in [1.807, 2.05) is 0 Å². The van der Waals surface area contributed by atoms with Gasteiger partial charge < -0.3 is 14.4 Å². The highest BCUT2D eigenvalue weighted by atomic mass is 31.2. The number of hydrogen-bond donors (Lipinski definition) is 1. The summed E-state index contributed by atoms with van der Waals surface area (Å²) in [5.41, 5.74) is 0. The van der Waals surface area contributed by atoms with Crippen molar-refractivity contribution < 1.29 is 37.6 Å². The van der Waals surface area contributed by atoms with Gasteiger partial charge in [-0.3, -0.25) is 18.6 Å². The molecule has 2 unspecified atom stereocenters. The standard InChI is InChI=1S/C37H73O8P/c1-4-7-9-11-13-15-17-18-19-20-21-22-24-26-28-30-32-37(39)45-35(34-44-46(40,41)43-6-3)33-42-36(38)31-29-27-25-23-16-14-12-10-8-5-2/h35H,4-34H2,1-3H3,(H,40,41). The van der Waals surface area contributed by atoms with Crippen LogP contribution in [0, 0.1) is 0 Å². The zero-order chi connectivity index (χ0) is 34.0. The molecular formula is C37H73O8P. The van der Waals surface area contributed by atoms with E-state index in [4.69, 9.17) is 18.5 Å². The van der Waals surface area contributed by atoms with Gasteiger partial charge in [-0.05, 0) is 19.8 Å². The molecule has 0 aromatic heterocycles. The van der Waals surface area contributed by atoms with Gasteiger partial charge in [0.2, 0.25) is 0 Å². The molecule has 8 nitrogen and oxygen atoms in total. The van der Waals surface area contributed by atoms with Crippen LogP contribution in [-0.2, 0) is 32.7 Å². The second-order valence-corrected chi connectivity index (χ2v) is 14.4. The van der Waals surface area contributed by atoms with E-state index in [1.165, 1.54) is 128 Å². The molecule has 0 heterocycles. The molecule has 0 amide bonds. The minimum Gasteiger partial charge on any atom is -0.462 e. The number of ether oxygens (including phenoxy) is 2. The lowest BCUT2D eigenvalue weighted by Gasteiger charge is -2.19. The molecule has 274 valence electrons. The molecule has 0 aliphatic heterocycles. The minimum absolute atomic E-state index is 0.00529. The molecule has 0 aromatic carbocycles. The minimum atomic E-state index is -4.26. The van der Waals surface area contributed by atoms with Gasteiger partial charge in [0.1, 0.15) is 6.61 Å². The Balaban J connectivity index is 4.08. The summed E-state index contributed by atoms with van der Waals surface area (Å²) in [7, 11) is -4.26. The van der Waals surface area contributed by atoms with Gasteiger partial charge in [0.05, 0.1) is 13.2 Å². The number of esters is 2. The van der Waals surface area contributed by atoms with E-state index in [1.54, 1.807) is 6.92 Å². The van der Waals surface area contributed by atoms with E-state index in [9.17, 15) is 19.0 Å². The Hall–Kier alpha value is -0.950. The molecule has 0 aliphatic rings. The Morgan fingerprint density at radius 3 is 1.22 bits per heavy atom. The molecule has 0 radical (unpaired) electrons. The summed E-state index contributed by atoms with van der Waals surface area (Å²) >= 11 is 0. The molecule has 1 N–H and O–H groups in total. The maximum atomic E-state index is 12.5. The SMILES string of the molecule is CCCCCCCCCCCCCCCCCCC(=O)OC(COC(=O)CCCCCCCCCCCC)COP(=O)(O)OCC. The van der Waals surface area contributed by atoms with Crippen LogP contribution < -0.4 is 0 Å². The van der Waals surface area contributed by atoms with Crippen LogP contribution in [0.1, 0.15) is 201 Å². The van der Waals surface area contributed by atoms with Crippen molar-refractivity contribution >= 4 is 19.8 Å². The quantitative estimate of drug-likeness (QED) is 0.0397. The van der Waals surface area contributed by atoms with Gasteiger partial charge in [0.15, 0.2) is 6.10 Å². The van der Waals surface area contributed by atoms with Crippen LogP contribution in [0.15, 0.2) is 0 Å². The number of carbonyl (C=O) groups excluding carboxylic acids is 2. The largest absolute Gasteiger partial charge is 0.472 e. The fraction of sp³-hybridized carbons (Fsp3) is 0.946. The summed E-state index contributed by atoms with van der Waals surface area (Å²) in [5.74, 6) is -0.788. The van der Waals surface area contributed by atoms with E-state index in [2.05, 4.69) is 13.8 Å². The van der Waals surface area contributed by atoms with Crippen molar-refractivity contribution in [2.75, 3.05) is 19.8 Å². The molecule has 46 heavy (non-hydrogen) atoms. The third-order valence-electron chi connectivity index (χ3n) is 8.41. The summed E-state index contributed by atoms with van der Waals surface area (Å²) < 4.78 is 32.5. The van der Waals surface area contributed by atoms with Crippen LogP contribution in [-0.4, -0.2) is 42.8 Å². The predicted octanol–water partition coefficient (Wildman–Crippen LogP) is 11.6. The maximum absolute atomic E-state index is 12.5. The van der Waals surface area contributed by atoms with Crippen LogP contribution in [0.3, 0.4) is 0 Å². The fourth-order valence-electron chi connectivity index (χ4n) is 5.57. The summed E-state index contributed by atoms with van der Waals surface area (Å²) in [6, 6.07) is 0. The third-order valence-corrected chi connectivity index (χ3v) is 9.47. The lowest BCUT2D eigenvalue weighted by Crippen LogP contribution is -2.29. The summed E-state index contributed by atoms with van der Waals surface area (Å²) in [6.07, 6.45) is 31.5. The monoisotopic (exact) mass is 677 g/mol. The molecule has 0 aliphatic carbocycles. The van der Waals surface area contributed by atoms with Crippen molar-refractivity contribution in [3.63, 3.8) is 0 Å². The molecule has 0 spiro atoms. The number of unbranched alkanes of at least 4 members (excludes halogenated alkanes) is 24. The zero-order valence-corrected chi connectivity index (χ0v) is 31.1. The molecule has 0 bridgehead atoms. The van der Waals surface area contributed by atoms with Gasteiger partial charge in [-0.25, -0.2) is 4.57 Å². The van der Waals surface area contributed by atoms with Crippen molar-refractivity contribution in [1.29, 1.82) is 0 Å². The van der Waals surface area contributed by atoms with Gasteiger partial charge >= 0.3 is 19.8 Å². The highest BCUT2D eigenvalue weighted by molar-refractivity contribution is 7.47. The lowest BCUT2D eigenvalue weighted by molar-refractivity contribution is -0.161. The first-order chi connectivity index (χ1) is 22.3. The van der Waals surface area contributed by atoms with Crippen molar-refractivity contribution in [1.82, 2.24) is 0 Å². The highest BCUT2D eigenvalue weighted by Gasteiger charge is 2.25. The smallest absolute Gasteiger partial charge is 0.462 e. The van der Waals surface area contributed by atoms with E-state index in [0.717, 1.165) is 38.5 Å². The normalized spacial score (nSPS) is 13.4. The van der Waals surface area contributed by atoms with Crippen LogP contribution in [0.5, 0.6) is 0 Å². The molecule has 0 aromatic rings. The van der Waals surface area contributed by atoms with Crippen molar-refractivity contribution in [2.24, 2.45) is 0 Å². The molecular weight excluding hydrogens is 603 g/mol. The Kier molecular flexibility index (Phi) is 33.2. The third kappa shape index (κ3) is 33.0. The van der Waals surface area contributed by atoms with Crippen LogP contribution in [0.25, 0.3) is 0 Å². The van der Waals surface area contributed by atoms with Gasteiger partial charge in [-0.2, -0.15) is 0 Å². The Bertz CT molecular complexity index is 732. The first-order valence-electron chi connectivity index (χ1n) is 19.3. The van der Waals surface area contributed by atoms with Crippen LogP contribution >= 0.6 is 7.82 Å². The number of phosphoric acid groups is 1. The summed E-state index contributed by atoms with van der Waals surface area (Å²) in [4.78, 5) is 34.5. The zero-order valence-electron chi connectivity index (χ0n) is 30.2. The van der Waals surface area contributed by atoms with Crippen LogP contribution in [0.2, 0.25) is 0 Å².